The number of para-hydroxylation sites is 1. The summed E-state index contributed by atoms with van der Waals surface area (Å²) >= 11 is 0. The Balaban J connectivity index is 2.69. The van der Waals surface area contributed by atoms with Gasteiger partial charge in [0.05, 0.1) is 0 Å². The number of carbonyl (C=O) groups is 1. The van der Waals surface area contributed by atoms with Crippen molar-refractivity contribution < 1.29 is 14.3 Å². The predicted molar refractivity (Wildman–Crippen MR) is 74.9 cm³/mol. The highest BCUT2D eigenvalue weighted by Gasteiger charge is 2.27. The standard InChI is InChI=1S/C15H23NO3/c1-10(2)14(12(4)18-15(17)11(3)16)19-13-8-6-5-7-9-13/h5-12,14H,16H2,1-4H3/t11-,12-,14+/m1/s1. The molecular weight excluding hydrogens is 242 g/mol. The van der Waals surface area contributed by atoms with E-state index in [-0.39, 0.29) is 18.1 Å². The first-order valence-corrected chi connectivity index (χ1v) is 6.59. The molecule has 0 fully saturated rings. The van der Waals surface area contributed by atoms with Crippen LogP contribution in [0, 0.1) is 5.92 Å². The molecule has 0 saturated carbocycles. The van der Waals surface area contributed by atoms with Crippen LogP contribution in [0.15, 0.2) is 30.3 Å². The van der Waals surface area contributed by atoms with Crippen LogP contribution >= 0.6 is 0 Å². The first-order valence-electron chi connectivity index (χ1n) is 6.59. The minimum Gasteiger partial charge on any atom is -0.486 e. The Hall–Kier alpha value is -1.55. The second-order valence-corrected chi connectivity index (χ2v) is 5.07. The lowest BCUT2D eigenvalue weighted by Gasteiger charge is -2.28. The van der Waals surface area contributed by atoms with E-state index in [0.29, 0.717) is 0 Å². The van der Waals surface area contributed by atoms with E-state index in [0.717, 1.165) is 5.75 Å². The van der Waals surface area contributed by atoms with Gasteiger partial charge in [0.2, 0.25) is 0 Å². The van der Waals surface area contributed by atoms with E-state index in [4.69, 9.17) is 15.2 Å². The quantitative estimate of drug-likeness (QED) is 0.802. The van der Waals surface area contributed by atoms with Gasteiger partial charge >= 0.3 is 5.97 Å². The van der Waals surface area contributed by atoms with E-state index >= 15 is 0 Å². The van der Waals surface area contributed by atoms with Crippen molar-refractivity contribution in [3.63, 3.8) is 0 Å². The molecule has 106 valence electrons. The highest BCUT2D eigenvalue weighted by atomic mass is 16.6. The zero-order valence-electron chi connectivity index (χ0n) is 12.0. The van der Waals surface area contributed by atoms with Crippen LogP contribution in [0.4, 0.5) is 0 Å². The molecule has 0 aliphatic carbocycles. The van der Waals surface area contributed by atoms with Gasteiger partial charge in [0.1, 0.15) is 24.0 Å². The third-order valence-electron chi connectivity index (χ3n) is 2.81. The minimum absolute atomic E-state index is 0.204. The number of esters is 1. The fourth-order valence-electron chi connectivity index (χ4n) is 1.79. The SMILES string of the molecule is CC(C)[C@H](Oc1ccccc1)[C@@H](C)OC(=O)[C@@H](C)N. The van der Waals surface area contributed by atoms with E-state index in [2.05, 4.69) is 0 Å². The first kappa shape index (κ1) is 15.5. The van der Waals surface area contributed by atoms with Gasteiger partial charge < -0.3 is 15.2 Å². The normalized spacial score (nSPS) is 15.7. The molecule has 0 radical (unpaired) electrons. The highest BCUT2D eigenvalue weighted by molar-refractivity contribution is 5.75. The molecule has 1 rings (SSSR count). The zero-order valence-corrected chi connectivity index (χ0v) is 12.0. The Kier molecular flexibility index (Phi) is 5.83. The molecule has 0 unspecified atom stereocenters. The molecule has 0 spiro atoms. The van der Waals surface area contributed by atoms with E-state index in [1.807, 2.05) is 51.1 Å². The van der Waals surface area contributed by atoms with Crippen molar-refractivity contribution in [2.75, 3.05) is 0 Å². The number of rotatable bonds is 6. The lowest BCUT2D eigenvalue weighted by Crippen LogP contribution is -2.41. The second-order valence-electron chi connectivity index (χ2n) is 5.07. The molecule has 4 nitrogen and oxygen atoms in total. The third-order valence-corrected chi connectivity index (χ3v) is 2.81. The molecule has 2 N–H and O–H groups in total. The van der Waals surface area contributed by atoms with Gasteiger partial charge in [-0.3, -0.25) is 4.79 Å². The fraction of sp³-hybridized carbons (Fsp3) is 0.533. The lowest BCUT2D eigenvalue weighted by molar-refractivity contribution is -0.155. The van der Waals surface area contributed by atoms with Crippen LogP contribution in [0.25, 0.3) is 0 Å². The van der Waals surface area contributed by atoms with Crippen molar-refractivity contribution >= 4 is 5.97 Å². The average molecular weight is 265 g/mol. The van der Waals surface area contributed by atoms with E-state index in [9.17, 15) is 4.79 Å². The summed E-state index contributed by atoms with van der Waals surface area (Å²) in [5, 5.41) is 0. The lowest BCUT2D eigenvalue weighted by atomic mass is 10.0. The first-order chi connectivity index (χ1) is 8.91. The molecular formula is C15H23NO3. The fourth-order valence-corrected chi connectivity index (χ4v) is 1.79. The topological polar surface area (TPSA) is 61.5 Å². The second kappa shape index (κ2) is 7.14. The van der Waals surface area contributed by atoms with Gasteiger partial charge in [-0.15, -0.1) is 0 Å². The van der Waals surface area contributed by atoms with Gasteiger partial charge in [-0.2, -0.15) is 0 Å². The van der Waals surface area contributed by atoms with Crippen molar-refractivity contribution in [3.8, 4) is 5.75 Å². The largest absolute Gasteiger partial charge is 0.486 e. The van der Waals surface area contributed by atoms with Crippen molar-refractivity contribution in [2.45, 2.75) is 45.9 Å². The summed E-state index contributed by atoms with van der Waals surface area (Å²) in [6.07, 6.45) is -0.552. The third kappa shape index (κ3) is 4.91. The maximum Gasteiger partial charge on any atom is 0.323 e. The summed E-state index contributed by atoms with van der Waals surface area (Å²) in [5.41, 5.74) is 5.50. The summed E-state index contributed by atoms with van der Waals surface area (Å²) in [7, 11) is 0. The van der Waals surface area contributed by atoms with Crippen LogP contribution in [-0.4, -0.2) is 24.2 Å². The van der Waals surface area contributed by atoms with Crippen molar-refractivity contribution in [1.29, 1.82) is 0 Å². The molecule has 0 saturated heterocycles. The van der Waals surface area contributed by atoms with Gasteiger partial charge in [-0.25, -0.2) is 0 Å². The van der Waals surface area contributed by atoms with Gasteiger partial charge in [0.25, 0.3) is 0 Å². The van der Waals surface area contributed by atoms with Crippen molar-refractivity contribution in [2.24, 2.45) is 11.7 Å². The molecule has 0 bridgehead atoms. The minimum atomic E-state index is -0.619. The van der Waals surface area contributed by atoms with E-state index < -0.39 is 12.0 Å². The molecule has 0 aliphatic rings. The monoisotopic (exact) mass is 265 g/mol. The van der Waals surface area contributed by atoms with Crippen LogP contribution in [-0.2, 0) is 9.53 Å². The van der Waals surface area contributed by atoms with Crippen LogP contribution in [0.2, 0.25) is 0 Å². The molecule has 0 aromatic heterocycles. The molecule has 3 atom stereocenters. The Morgan fingerprint density at radius 3 is 2.16 bits per heavy atom. The van der Waals surface area contributed by atoms with Crippen LogP contribution in [0.3, 0.4) is 0 Å². The van der Waals surface area contributed by atoms with E-state index in [1.165, 1.54) is 0 Å². The highest BCUT2D eigenvalue weighted by Crippen LogP contribution is 2.19. The number of nitrogens with two attached hydrogens (primary N) is 1. The van der Waals surface area contributed by atoms with Gasteiger partial charge in [-0.05, 0) is 31.9 Å². The summed E-state index contributed by atoms with van der Waals surface area (Å²) in [5.74, 6) is 0.579. The van der Waals surface area contributed by atoms with Crippen LogP contribution in [0.5, 0.6) is 5.75 Å². The number of carbonyl (C=O) groups excluding carboxylic acids is 1. The van der Waals surface area contributed by atoms with Crippen molar-refractivity contribution in [1.82, 2.24) is 0 Å². The number of benzene rings is 1. The Labute approximate surface area is 114 Å². The molecule has 0 aliphatic heterocycles. The smallest absolute Gasteiger partial charge is 0.323 e. The average Bonchev–Trinajstić information content (AvgIpc) is 2.36. The van der Waals surface area contributed by atoms with Gasteiger partial charge in [0, 0.05) is 0 Å². The molecule has 1 aromatic carbocycles. The number of hydrogen-bond acceptors (Lipinski definition) is 4. The summed E-state index contributed by atoms with van der Waals surface area (Å²) in [6.45, 7) is 7.50. The Morgan fingerprint density at radius 1 is 1.11 bits per heavy atom. The van der Waals surface area contributed by atoms with E-state index in [1.54, 1.807) is 6.92 Å². The summed E-state index contributed by atoms with van der Waals surface area (Å²) in [6, 6.07) is 8.89. The van der Waals surface area contributed by atoms with Gasteiger partial charge in [-0.1, -0.05) is 32.0 Å². The maximum absolute atomic E-state index is 11.5. The van der Waals surface area contributed by atoms with Crippen LogP contribution in [0.1, 0.15) is 27.7 Å². The molecule has 1 aromatic rings. The van der Waals surface area contributed by atoms with Crippen LogP contribution < -0.4 is 10.5 Å². The number of ether oxygens (including phenoxy) is 2. The molecule has 4 heteroatoms. The summed E-state index contributed by atoms with van der Waals surface area (Å²) in [4.78, 5) is 11.5. The predicted octanol–water partition coefficient (Wildman–Crippen LogP) is 2.37. The maximum atomic E-state index is 11.5. The molecule has 0 heterocycles. The van der Waals surface area contributed by atoms with Crippen molar-refractivity contribution in [3.05, 3.63) is 30.3 Å². The Bertz CT molecular complexity index is 390. The zero-order chi connectivity index (χ0) is 14.4. The van der Waals surface area contributed by atoms with Gasteiger partial charge in [0.15, 0.2) is 0 Å². The molecule has 0 amide bonds. The Morgan fingerprint density at radius 2 is 1.68 bits per heavy atom. The summed E-state index contributed by atoms with van der Waals surface area (Å²) < 4.78 is 11.2. The molecule has 19 heavy (non-hydrogen) atoms. The number of hydrogen-bond donors (Lipinski definition) is 1.